The lowest BCUT2D eigenvalue weighted by Crippen LogP contribution is -1.88. The predicted molar refractivity (Wildman–Crippen MR) is 65.6 cm³/mol. The first-order valence-corrected chi connectivity index (χ1v) is 6.01. The van der Waals surface area contributed by atoms with Gasteiger partial charge in [-0.15, -0.1) is 11.3 Å². The van der Waals surface area contributed by atoms with Crippen molar-refractivity contribution in [3.8, 4) is 11.5 Å². The number of aryl methyl sites for hydroxylation is 1. The molecule has 1 aromatic carbocycles. The Hall–Kier alpha value is -1.61. The highest BCUT2D eigenvalue weighted by atomic mass is 32.1. The minimum atomic E-state index is 0.684. The normalized spacial score (nSPS) is 10.1. The smallest absolute Gasteiger partial charge is 0.160 e. The molecule has 0 saturated heterocycles. The number of carbonyl (C=O) groups is 1. The van der Waals surface area contributed by atoms with Gasteiger partial charge in [-0.25, -0.2) is 0 Å². The first-order valence-electron chi connectivity index (χ1n) is 5.13. The zero-order valence-electron chi connectivity index (χ0n) is 8.97. The van der Waals surface area contributed by atoms with Gasteiger partial charge in [0.2, 0.25) is 0 Å². The summed E-state index contributed by atoms with van der Waals surface area (Å²) in [7, 11) is 0. The second kappa shape index (κ2) is 4.94. The Morgan fingerprint density at radius 1 is 1.38 bits per heavy atom. The number of hydrogen-bond acceptors (Lipinski definition) is 3. The number of hydrogen-bond donors (Lipinski definition) is 0. The van der Waals surface area contributed by atoms with E-state index in [1.165, 1.54) is 16.9 Å². The maximum absolute atomic E-state index is 10.6. The van der Waals surface area contributed by atoms with Crippen LogP contribution in [-0.4, -0.2) is 6.29 Å². The van der Waals surface area contributed by atoms with Gasteiger partial charge in [0, 0.05) is 11.4 Å². The van der Waals surface area contributed by atoms with Gasteiger partial charge in [-0.3, -0.25) is 4.79 Å². The van der Waals surface area contributed by atoms with Crippen LogP contribution in [0.15, 0.2) is 35.7 Å². The van der Waals surface area contributed by atoms with E-state index in [1.807, 2.05) is 29.6 Å². The quantitative estimate of drug-likeness (QED) is 0.747. The van der Waals surface area contributed by atoms with Gasteiger partial charge in [-0.2, -0.15) is 0 Å². The van der Waals surface area contributed by atoms with E-state index >= 15 is 0 Å². The summed E-state index contributed by atoms with van der Waals surface area (Å²) in [5, 5.41) is 1.84. The Morgan fingerprint density at radius 3 is 2.88 bits per heavy atom. The largest absolute Gasteiger partial charge is 0.456 e. The Kier molecular flexibility index (Phi) is 3.37. The monoisotopic (exact) mass is 232 g/mol. The predicted octanol–water partition coefficient (Wildman–Crippen LogP) is 3.92. The minimum Gasteiger partial charge on any atom is -0.456 e. The van der Waals surface area contributed by atoms with Gasteiger partial charge in [0.1, 0.15) is 11.5 Å². The van der Waals surface area contributed by atoms with Crippen molar-refractivity contribution in [2.75, 3.05) is 0 Å². The van der Waals surface area contributed by atoms with Crippen molar-refractivity contribution in [1.82, 2.24) is 0 Å². The third kappa shape index (κ3) is 2.31. The van der Waals surface area contributed by atoms with Crippen molar-refractivity contribution in [1.29, 1.82) is 0 Å². The summed E-state index contributed by atoms with van der Waals surface area (Å²) >= 11 is 1.39. The number of aldehydes is 1. The molecule has 0 amide bonds. The van der Waals surface area contributed by atoms with E-state index in [1.54, 1.807) is 6.07 Å². The van der Waals surface area contributed by atoms with E-state index in [2.05, 4.69) is 6.92 Å². The van der Waals surface area contributed by atoms with Crippen molar-refractivity contribution in [2.24, 2.45) is 0 Å². The summed E-state index contributed by atoms with van der Waals surface area (Å²) in [6, 6.07) is 9.68. The average molecular weight is 232 g/mol. The summed E-state index contributed by atoms with van der Waals surface area (Å²) in [4.78, 5) is 11.2. The van der Waals surface area contributed by atoms with Crippen molar-refractivity contribution >= 4 is 17.6 Å². The molecule has 2 rings (SSSR count). The molecule has 0 saturated carbocycles. The molecule has 82 valence electrons. The molecule has 2 aromatic rings. The van der Waals surface area contributed by atoms with Gasteiger partial charge in [0.25, 0.3) is 0 Å². The molecule has 0 unspecified atom stereocenters. The summed E-state index contributed by atoms with van der Waals surface area (Å²) in [5.41, 5.74) is 1.17. The van der Waals surface area contributed by atoms with Crippen LogP contribution in [0.25, 0.3) is 0 Å². The first-order chi connectivity index (χ1) is 7.83. The fourth-order valence-corrected chi connectivity index (χ4v) is 2.08. The third-order valence-electron chi connectivity index (χ3n) is 2.29. The van der Waals surface area contributed by atoms with Crippen molar-refractivity contribution < 1.29 is 9.53 Å². The summed E-state index contributed by atoms with van der Waals surface area (Å²) < 4.78 is 5.73. The minimum absolute atomic E-state index is 0.684. The lowest BCUT2D eigenvalue weighted by atomic mass is 10.1. The molecule has 0 N–H and O–H groups in total. The molecule has 0 radical (unpaired) electrons. The van der Waals surface area contributed by atoms with E-state index in [9.17, 15) is 4.79 Å². The van der Waals surface area contributed by atoms with Crippen LogP contribution in [0.4, 0.5) is 0 Å². The molecule has 3 heteroatoms. The summed E-state index contributed by atoms with van der Waals surface area (Å²) in [6.07, 6.45) is 1.77. The van der Waals surface area contributed by atoms with Gasteiger partial charge in [-0.1, -0.05) is 25.1 Å². The average Bonchev–Trinajstić information content (AvgIpc) is 2.77. The molecular formula is C13H12O2S. The van der Waals surface area contributed by atoms with Crippen LogP contribution in [0.1, 0.15) is 22.2 Å². The number of rotatable bonds is 4. The van der Waals surface area contributed by atoms with Gasteiger partial charge < -0.3 is 4.74 Å². The van der Waals surface area contributed by atoms with Gasteiger partial charge >= 0.3 is 0 Å². The van der Waals surface area contributed by atoms with Crippen molar-refractivity contribution in [3.05, 3.63) is 46.2 Å². The third-order valence-corrected chi connectivity index (χ3v) is 3.13. The Balaban J connectivity index is 2.22. The van der Waals surface area contributed by atoms with Crippen LogP contribution >= 0.6 is 11.3 Å². The fraction of sp³-hybridized carbons (Fsp3) is 0.154. The highest BCUT2D eigenvalue weighted by Crippen LogP contribution is 2.28. The Morgan fingerprint density at radius 2 is 2.19 bits per heavy atom. The number of carbonyl (C=O) groups excluding carboxylic acids is 1. The van der Waals surface area contributed by atoms with Gasteiger partial charge in [0.05, 0.1) is 4.88 Å². The van der Waals surface area contributed by atoms with E-state index in [0.717, 1.165) is 24.2 Å². The van der Waals surface area contributed by atoms with Crippen LogP contribution in [0.3, 0.4) is 0 Å². The maximum atomic E-state index is 10.6. The fourth-order valence-electron chi connectivity index (χ4n) is 1.47. The van der Waals surface area contributed by atoms with Crippen LogP contribution in [0.2, 0.25) is 0 Å². The molecular weight excluding hydrogens is 220 g/mol. The van der Waals surface area contributed by atoms with E-state index in [-0.39, 0.29) is 0 Å². The van der Waals surface area contributed by atoms with Gasteiger partial charge in [-0.05, 0) is 18.1 Å². The first kappa shape index (κ1) is 10.9. The number of para-hydroxylation sites is 1. The molecule has 0 bridgehead atoms. The second-order valence-electron chi connectivity index (χ2n) is 3.37. The maximum Gasteiger partial charge on any atom is 0.160 e. The van der Waals surface area contributed by atoms with Crippen LogP contribution in [-0.2, 0) is 6.42 Å². The summed E-state index contributed by atoms with van der Waals surface area (Å²) in [5.74, 6) is 1.59. The molecule has 16 heavy (non-hydrogen) atoms. The second-order valence-corrected chi connectivity index (χ2v) is 4.31. The zero-order chi connectivity index (χ0) is 11.4. The Labute approximate surface area is 98.5 Å². The lowest BCUT2D eigenvalue weighted by molar-refractivity contribution is 0.112. The number of ether oxygens (including phenoxy) is 1. The zero-order valence-corrected chi connectivity index (χ0v) is 9.79. The highest BCUT2D eigenvalue weighted by Gasteiger charge is 2.04. The molecule has 0 aliphatic heterocycles. The van der Waals surface area contributed by atoms with Crippen molar-refractivity contribution in [2.45, 2.75) is 13.3 Å². The SMILES string of the molecule is CCc1ccccc1Oc1csc(C=O)c1. The molecule has 0 atom stereocenters. The molecule has 2 nitrogen and oxygen atoms in total. The molecule has 1 heterocycles. The van der Waals surface area contributed by atoms with E-state index in [4.69, 9.17) is 4.74 Å². The number of thiophene rings is 1. The van der Waals surface area contributed by atoms with Gasteiger partial charge in [0.15, 0.2) is 6.29 Å². The molecule has 0 spiro atoms. The standard InChI is InChI=1S/C13H12O2S/c1-2-10-5-3-4-6-13(10)15-11-7-12(8-14)16-9-11/h3-9H,2H2,1H3. The highest BCUT2D eigenvalue weighted by molar-refractivity contribution is 7.11. The van der Waals surface area contributed by atoms with Crippen LogP contribution in [0.5, 0.6) is 11.5 Å². The molecule has 0 aliphatic carbocycles. The van der Waals surface area contributed by atoms with Crippen LogP contribution < -0.4 is 4.74 Å². The topological polar surface area (TPSA) is 26.3 Å². The molecule has 1 aromatic heterocycles. The van der Waals surface area contributed by atoms with Crippen LogP contribution in [0, 0.1) is 0 Å². The van der Waals surface area contributed by atoms with E-state index in [0.29, 0.717) is 4.88 Å². The van der Waals surface area contributed by atoms with E-state index < -0.39 is 0 Å². The Bertz CT molecular complexity index is 488. The number of benzene rings is 1. The summed E-state index contributed by atoms with van der Waals surface area (Å²) in [6.45, 7) is 2.09. The molecule has 0 aliphatic rings. The molecule has 0 fully saturated rings. The lowest BCUT2D eigenvalue weighted by Gasteiger charge is -2.07. The van der Waals surface area contributed by atoms with Crippen molar-refractivity contribution in [3.63, 3.8) is 0 Å².